The third-order valence-electron chi connectivity index (χ3n) is 4.39. The Hall–Kier alpha value is -2.11. The molecule has 3 rings (SSSR count). The number of benzene rings is 2. The van der Waals surface area contributed by atoms with Crippen molar-refractivity contribution < 1.29 is 14.5 Å². The molecule has 0 fully saturated rings. The second kappa shape index (κ2) is 6.42. The summed E-state index contributed by atoms with van der Waals surface area (Å²) >= 11 is 0. The van der Waals surface area contributed by atoms with Gasteiger partial charge in [0, 0.05) is 11.3 Å². The van der Waals surface area contributed by atoms with Gasteiger partial charge in [0.1, 0.15) is 0 Å². The Balaban J connectivity index is 1.77. The van der Waals surface area contributed by atoms with E-state index < -0.39 is 12.7 Å². The highest BCUT2D eigenvalue weighted by molar-refractivity contribution is 6.62. The molecule has 1 amide bonds. The average Bonchev–Trinajstić information content (AvgIpc) is 2.77. The number of nitrogens with one attached hydrogen (secondary N) is 1. The van der Waals surface area contributed by atoms with Crippen LogP contribution in [0.1, 0.15) is 48.7 Å². The number of aryl methyl sites for hydroxylation is 1. The van der Waals surface area contributed by atoms with Gasteiger partial charge in [-0.25, -0.2) is 0 Å². The van der Waals surface area contributed by atoms with Gasteiger partial charge in [0.05, 0.1) is 5.60 Å². The van der Waals surface area contributed by atoms with Crippen LogP contribution < -0.4 is 10.8 Å². The normalized spacial score (nSPS) is 15.2. The molecule has 0 spiro atoms. The van der Waals surface area contributed by atoms with E-state index in [9.17, 15) is 9.82 Å². The van der Waals surface area contributed by atoms with Gasteiger partial charge in [0.15, 0.2) is 0 Å². The smallest absolute Gasteiger partial charge is 0.423 e. The molecule has 0 saturated heterocycles. The Bertz CT molecular complexity index is 756. The Kier molecular flexibility index (Phi) is 4.48. The minimum absolute atomic E-state index is 0.161. The molecular weight excluding hydrogens is 301 g/mol. The lowest BCUT2D eigenvalue weighted by Crippen LogP contribution is -2.29. The van der Waals surface area contributed by atoms with Gasteiger partial charge in [-0.05, 0) is 61.1 Å². The number of hydrogen-bond donors (Lipinski definition) is 2. The Morgan fingerprint density at radius 1 is 1.21 bits per heavy atom. The number of anilines is 1. The van der Waals surface area contributed by atoms with E-state index in [-0.39, 0.29) is 5.91 Å². The molecule has 0 saturated carbocycles. The molecule has 0 unspecified atom stereocenters. The van der Waals surface area contributed by atoms with E-state index in [0.29, 0.717) is 16.7 Å². The van der Waals surface area contributed by atoms with E-state index in [1.54, 1.807) is 6.07 Å². The number of fused-ring (bicyclic) bond motifs is 1. The summed E-state index contributed by atoms with van der Waals surface area (Å²) in [6, 6.07) is 13.2. The van der Waals surface area contributed by atoms with Crippen molar-refractivity contribution in [2.75, 3.05) is 5.32 Å². The molecule has 1 aliphatic heterocycles. The molecule has 0 radical (unpaired) electrons. The molecule has 0 atom stereocenters. The van der Waals surface area contributed by atoms with Crippen LogP contribution in [-0.2, 0) is 16.7 Å². The maximum absolute atomic E-state index is 12.4. The highest BCUT2D eigenvalue weighted by Gasteiger charge is 2.40. The molecule has 0 bridgehead atoms. The highest BCUT2D eigenvalue weighted by Crippen LogP contribution is 2.30. The number of amides is 1. The Labute approximate surface area is 143 Å². The standard InChI is InChI=1S/C19H22BNO3/c1-4-5-13-6-8-14(9-7-13)18(22)21-15-10-11-16-17(12-15)20(23)24-19(16,2)3/h6-12,23H,4-5H2,1-3H3,(H,21,22). The summed E-state index contributed by atoms with van der Waals surface area (Å²) in [5.41, 5.74) is 3.62. The van der Waals surface area contributed by atoms with E-state index in [1.165, 1.54) is 5.56 Å². The zero-order valence-corrected chi connectivity index (χ0v) is 14.3. The van der Waals surface area contributed by atoms with Crippen LogP contribution in [-0.4, -0.2) is 18.0 Å². The molecule has 2 aromatic rings. The summed E-state index contributed by atoms with van der Waals surface area (Å²) in [7, 11) is -0.958. The first-order valence-electron chi connectivity index (χ1n) is 8.31. The molecule has 1 heterocycles. The molecule has 2 N–H and O–H groups in total. The molecule has 1 aliphatic rings. The van der Waals surface area contributed by atoms with Crippen molar-refractivity contribution in [1.82, 2.24) is 0 Å². The first-order valence-corrected chi connectivity index (χ1v) is 8.31. The van der Waals surface area contributed by atoms with E-state index in [4.69, 9.17) is 4.65 Å². The SMILES string of the molecule is CCCc1ccc(C(=O)Nc2ccc3c(c2)B(O)OC3(C)C)cc1. The summed E-state index contributed by atoms with van der Waals surface area (Å²) in [5.74, 6) is -0.161. The van der Waals surface area contributed by atoms with E-state index >= 15 is 0 Å². The number of hydrogen-bond acceptors (Lipinski definition) is 3. The van der Waals surface area contributed by atoms with Crippen molar-refractivity contribution in [2.24, 2.45) is 0 Å². The summed E-state index contributed by atoms with van der Waals surface area (Å²) in [6.45, 7) is 5.96. The molecular formula is C19H22BNO3. The fourth-order valence-electron chi connectivity index (χ4n) is 3.11. The van der Waals surface area contributed by atoms with Gasteiger partial charge in [-0.2, -0.15) is 0 Å². The van der Waals surface area contributed by atoms with Gasteiger partial charge < -0.3 is 15.0 Å². The van der Waals surface area contributed by atoms with Crippen LogP contribution in [0.3, 0.4) is 0 Å². The van der Waals surface area contributed by atoms with Crippen LogP contribution in [0.15, 0.2) is 42.5 Å². The molecule has 4 nitrogen and oxygen atoms in total. The number of carbonyl (C=O) groups is 1. The minimum Gasteiger partial charge on any atom is -0.423 e. The third kappa shape index (κ3) is 3.23. The van der Waals surface area contributed by atoms with Gasteiger partial charge in [0.2, 0.25) is 0 Å². The van der Waals surface area contributed by atoms with Crippen molar-refractivity contribution in [3.05, 3.63) is 59.2 Å². The maximum atomic E-state index is 12.4. The number of rotatable bonds is 4. The van der Waals surface area contributed by atoms with Crippen LogP contribution in [0.4, 0.5) is 5.69 Å². The largest absolute Gasteiger partial charge is 0.492 e. The predicted octanol–water partition coefficient (Wildman–Crippen LogP) is 2.84. The van der Waals surface area contributed by atoms with Crippen molar-refractivity contribution in [3.8, 4) is 0 Å². The van der Waals surface area contributed by atoms with Gasteiger partial charge in [-0.3, -0.25) is 4.79 Å². The Morgan fingerprint density at radius 2 is 1.92 bits per heavy atom. The minimum atomic E-state index is -0.958. The van der Waals surface area contributed by atoms with E-state index in [1.807, 2.05) is 50.2 Å². The Morgan fingerprint density at radius 3 is 2.58 bits per heavy atom. The van der Waals surface area contributed by atoms with Gasteiger partial charge in [-0.1, -0.05) is 31.5 Å². The molecule has 24 heavy (non-hydrogen) atoms. The molecule has 5 heteroatoms. The maximum Gasteiger partial charge on any atom is 0.492 e. The van der Waals surface area contributed by atoms with Gasteiger partial charge in [-0.15, -0.1) is 0 Å². The van der Waals surface area contributed by atoms with Crippen molar-refractivity contribution in [1.29, 1.82) is 0 Å². The van der Waals surface area contributed by atoms with Gasteiger partial charge in [0.25, 0.3) is 5.91 Å². The topological polar surface area (TPSA) is 58.6 Å². The number of carbonyl (C=O) groups excluding carboxylic acids is 1. The lowest BCUT2D eigenvalue weighted by molar-refractivity contribution is 0.101. The van der Waals surface area contributed by atoms with Crippen molar-refractivity contribution in [2.45, 2.75) is 39.2 Å². The lowest BCUT2D eigenvalue weighted by Gasteiger charge is -2.19. The first kappa shape index (κ1) is 16.7. The quantitative estimate of drug-likeness (QED) is 0.851. The monoisotopic (exact) mass is 323 g/mol. The fourth-order valence-corrected chi connectivity index (χ4v) is 3.11. The van der Waals surface area contributed by atoms with Crippen LogP contribution in [0.5, 0.6) is 0 Å². The summed E-state index contributed by atoms with van der Waals surface area (Å²) in [6.07, 6.45) is 2.10. The predicted molar refractivity (Wildman–Crippen MR) is 96.6 cm³/mol. The molecule has 124 valence electrons. The van der Waals surface area contributed by atoms with Crippen LogP contribution in [0, 0.1) is 0 Å². The molecule has 2 aromatic carbocycles. The van der Waals surface area contributed by atoms with Crippen LogP contribution in [0.2, 0.25) is 0 Å². The third-order valence-corrected chi connectivity index (χ3v) is 4.39. The molecule has 0 aliphatic carbocycles. The first-order chi connectivity index (χ1) is 11.4. The summed E-state index contributed by atoms with van der Waals surface area (Å²) in [5, 5.41) is 12.9. The van der Waals surface area contributed by atoms with E-state index in [0.717, 1.165) is 18.4 Å². The average molecular weight is 323 g/mol. The van der Waals surface area contributed by atoms with E-state index in [2.05, 4.69) is 12.2 Å². The lowest BCUT2D eigenvalue weighted by atomic mass is 9.78. The van der Waals surface area contributed by atoms with Crippen LogP contribution >= 0.6 is 0 Å². The van der Waals surface area contributed by atoms with Crippen molar-refractivity contribution in [3.63, 3.8) is 0 Å². The van der Waals surface area contributed by atoms with Crippen molar-refractivity contribution >= 4 is 24.2 Å². The second-order valence-corrected chi connectivity index (χ2v) is 6.68. The summed E-state index contributed by atoms with van der Waals surface area (Å²) in [4.78, 5) is 12.4. The van der Waals surface area contributed by atoms with Gasteiger partial charge >= 0.3 is 7.12 Å². The zero-order valence-electron chi connectivity index (χ0n) is 14.3. The van der Waals surface area contributed by atoms with Crippen LogP contribution in [0.25, 0.3) is 0 Å². The molecule has 0 aromatic heterocycles. The zero-order chi connectivity index (χ0) is 17.3. The fraction of sp³-hybridized carbons (Fsp3) is 0.316. The highest BCUT2D eigenvalue weighted by atomic mass is 16.5. The summed E-state index contributed by atoms with van der Waals surface area (Å²) < 4.78 is 5.54. The second-order valence-electron chi connectivity index (χ2n) is 6.68.